The Morgan fingerprint density at radius 3 is 2.64 bits per heavy atom. The predicted octanol–water partition coefficient (Wildman–Crippen LogP) is 1.31. The van der Waals surface area contributed by atoms with Crippen LogP contribution in [-0.2, 0) is 4.74 Å². The molecule has 1 aromatic rings. The Labute approximate surface area is 126 Å². The van der Waals surface area contributed by atoms with Gasteiger partial charge < -0.3 is 9.84 Å². The second-order valence-corrected chi connectivity index (χ2v) is 2.65. The summed E-state index contributed by atoms with van der Waals surface area (Å²) in [6.07, 6.45) is 0.777. The van der Waals surface area contributed by atoms with E-state index in [2.05, 4.69) is 0 Å². The molecule has 0 fully saturated rings. The van der Waals surface area contributed by atoms with Crippen LogP contribution in [0.5, 0.6) is 5.75 Å². The zero-order valence-corrected chi connectivity index (χ0v) is 7.49. The first kappa shape index (κ1) is 14.1. The summed E-state index contributed by atoms with van der Waals surface area (Å²) in [5.74, 6) is -0.511. The van der Waals surface area contributed by atoms with Crippen LogP contribution in [-0.4, -0.2) is 69.1 Å². The van der Waals surface area contributed by atoms with Crippen LogP contribution in [0.4, 0.5) is 0 Å². The van der Waals surface area contributed by atoms with E-state index in [1.54, 1.807) is 12.1 Å². The minimum atomic E-state index is -0.472. The van der Waals surface area contributed by atoms with Crippen molar-refractivity contribution >= 4 is 57.4 Å². The van der Waals surface area contributed by atoms with E-state index >= 15 is 0 Å². The molecule has 0 heterocycles. The Balaban J connectivity index is 0.00000169. The topological polar surface area (TPSA) is 46.5 Å². The van der Waals surface area contributed by atoms with Crippen LogP contribution < -0.4 is 0 Å². The molecule has 0 bridgehead atoms. The van der Waals surface area contributed by atoms with E-state index in [-0.39, 0.29) is 62.7 Å². The Hall–Kier alpha value is 0.126. The molecule has 4 heteroatoms. The molecule has 1 rings (SSSR count). The van der Waals surface area contributed by atoms with Gasteiger partial charge >= 0.3 is 57.4 Å². The molecule has 0 aliphatic carbocycles. The van der Waals surface area contributed by atoms with Crippen molar-refractivity contribution in [2.45, 2.75) is 13.3 Å². The van der Waals surface area contributed by atoms with Crippen LogP contribution >= 0.6 is 0 Å². The van der Waals surface area contributed by atoms with Gasteiger partial charge in [-0.2, -0.15) is 0 Å². The Bertz CT molecular complexity index is 299. The van der Waals surface area contributed by atoms with E-state index in [9.17, 15) is 9.90 Å². The normalized spacial score (nSPS) is 8.93. The summed E-state index contributed by atoms with van der Waals surface area (Å²) in [5, 5.41) is 9.28. The first-order valence-electron chi connectivity index (χ1n) is 4.20. The number of phenolic OH excluding ortho intramolecular Hbond substituents is 1. The number of para-hydroxylation sites is 1. The maximum absolute atomic E-state index is 11.2. The van der Waals surface area contributed by atoms with Crippen LogP contribution in [0.15, 0.2) is 24.3 Å². The van der Waals surface area contributed by atoms with Gasteiger partial charge in [0.1, 0.15) is 11.3 Å². The van der Waals surface area contributed by atoms with Gasteiger partial charge in [0.15, 0.2) is 0 Å². The number of phenols is 1. The summed E-state index contributed by atoms with van der Waals surface area (Å²) in [4.78, 5) is 11.2. The zero-order chi connectivity index (χ0) is 9.68. The molecule has 0 aromatic heterocycles. The fraction of sp³-hybridized carbons (Fsp3) is 0.300. The average molecular weight is 220 g/mol. The van der Waals surface area contributed by atoms with Crippen molar-refractivity contribution in [2.24, 2.45) is 0 Å². The molecule has 0 aliphatic rings. The molecule has 14 heavy (non-hydrogen) atoms. The summed E-state index contributed by atoms with van der Waals surface area (Å²) in [5.41, 5.74) is 0.218. The van der Waals surface area contributed by atoms with Crippen LogP contribution in [0.3, 0.4) is 0 Å². The number of carbonyl (C=O) groups excluding carboxylic acids is 1. The zero-order valence-electron chi connectivity index (χ0n) is 7.49. The van der Waals surface area contributed by atoms with E-state index in [4.69, 9.17) is 4.74 Å². The van der Waals surface area contributed by atoms with Crippen molar-refractivity contribution in [1.82, 2.24) is 0 Å². The summed E-state index contributed by atoms with van der Waals surface area (Å²) in [7, 11) is 0. The monoisotopic (exact) mass is 220 g/mol. The molecule has 0 amide bonds. The third kappa shape index (κ3) is 4.10. The second-order valence-electron chi connectivity index (χ2n) is 2.65. The molecule has 0 saturated carbocycles. The molecule has 0 saturated heterocycles. The van der Waals surface area contributed by atoms with Gasteiger partial charge in [-0.1, -0.05) is 19.1 Å². The van der Waals surface area contributed by atoms with E-state index in [1.165, 1.54) is 12.1 Å². The molecule has 3 nitrogen and oxygen atoms in total. The quantitative estimate of drug-likeness (QED) is 0.617. The van der Waals surface area contributed by atoms with Crippen molar-refractivity contribution in [1.29, 1.82) is 0 Å². The molecule has 0 unspecified atom stereocenters. The molecule has 0 radical (unpaired) electrons. The van der Waals surface area contributed by atoms with Crippen molar-refractivity contribution < 1.29 is 14.6 Å². The Kier molecular flexibility index (Phi) is 7.49. The summed E-state index contributed by atoms with van der Waals surface area (Å²) < 4.78 is 4.86. The van der Waals surface area contributed by atoms with Crippen molar-refractivity contribution in [3.8, 4) is 5.75 Å². The first-order chi connectivity index (χ1) is 6.25. The summed E-state index contributed by atoms with van der Waals surface area (Å²) >= 11 is 0. The van der Waals surface area contributed by atoms with Crippen LogP contribution in [0.2, 0.25) is 0 Å². The van der Waals surface area contributed by atoms with Gasteiger partial charge in [0.2, 0.25) is 0 Å². The molecule has 1 aromatic carbocycles. The van der Waals surface area contributed by atoms with Gasteiger partial charge in [-0.3, -0.25) is 0 Å². The molecule has 0 atom stereocenters. The standard InChI is InChI=1S/C10H12O3.K.H/c1-2-7-13-10(12)8-5-3-4-6-9(8)11;;/h3-6,11H,2,7H2,1H3;;. The molecule has 1 N–H and O–H groups in total. The van der Waals surface area contributed by atoms with Crippen LogP contribution in [0.25, 0.3) is 0 Å². The number of ether oxygens (including phenoxy) is 1. The number of hydrogen-bond donors (Lipinski definition) is 1. The fourth-order valence-corrected chi connectivity index (χ4v) is 0.919. The number of carbonyl (C=O) groups is 1. The van der Waals surface area contributed by atoms with Crippen molar-refractivity contribution in [2.75, 3.05) is 6.61 Å². The SMILES string of the molecule is CCCOC(=O)c1ccccc1O.[KH]. The average Bonchev–Trinajstić information content (AvgIpc) is 2.15. The first-order valence-corrected chi connectivity index (χ1v) is 4.20. The number of hydrogen-bond acceptors (Lipinski definition) is 3. The van der Waals surface area contributed by atoms with Crippen molar-refractivity contribution in [3.05, 3.63) is 29.8 Å². The van der Waals surface area contributed by atoms with Crippen molar-refractivity contribution in [3.63, 3.8) is 0 Å². The van der Waals surface area contributed by atoms with E-state index in [1.807, 2.05) is 6.92 Å². The molecule has 0 aliphatic heterocycles. The summed E-state index contributed by atoms with van der Waals surface area (Å²) in [6, 6.07) is 6.34. The molecule has 72 valence electrons. The van der Waals surface area contributed by atoms with Gasteiger partial charge in [0.05, 0.1) is 6.61 Å². The van der Waals surface area contributed by atoms with Gasteiger partial charge in [-0.25, -0.2) is 4.79 Å². The second kappa shape index (κ2) is 7.42. The fourth-order valence-electron chi connectivity index (χ4n) is 0.919. The van der Waals surface area contributed by atoms with E-state index in [0.717, 1.165) is 6.42 Å². The molecular weight excluding hydrogens is 207 g/mol. The van der Waals surface area contributed by atoms with E-state index < -0.39 is 5.97 Å². The van der Waals surface area contributed by atoms with Gasteiger partial charge in [-0.05, 0) is 18.6 Å². The van der Waals surface area contributed by atoms with Gasteiger partial charge in [0.25, 0.3) is 0 Å². The third-order valence-electron chi connectivity index (χ3n) is 1.56. The Morgan fingerprint density at radius 2 is 2.07 bits per heavy atom. The molecule has 0 spiro atoms. The predicted molar refractivity (Wildman–Crippen MR) is 55.8 cm³/mol. The Morgan fingerprint density at radius 1 is 1.43 bits per heavy atom. The van der Waals surface area contributed by atoms with E-state index in [0.29, 0.717) is 6.61 Å². The number of esters is 1. The number of rotatable bonds is 3. The van der Waals surface area contributed by atoms with Crippen LogP contribution in [0, 0.1) is 0 Å². The minimum absolute atomic E-state index is 0. The van der Waals surface area contributed by atoms with Gasteiger partial charge in [-0.15, -0.1) is 0 Å². The molecular formula is C10H13KO3. The maximum atomic E-state index is 11.2. The third-order valence-corrected chi connectivity index (χ3v) is 1.56. The summed E-state index contributed by atoms with van der Waals surface area (Å²) in [6.45, 7) is 2.30. The van der Waals surface area contributed by atoms with Crippen LogP contribution in [0.1, 0.15) is 23.7 Å². The van der Waals surface area contributed by atoms with Gasteiger partial charge in [0, 0.05) is 0 Å². The number of aromatic hydroxyl groups is 1. The number of benzene rings is 1.